The van der Waals surface area contributed by atoms with E-state index in [1.165, 1.54) is 70.1 Å². The highest BCUT2D eigenvalue weighted by Gasteiger charge is 2.08. The Bertz CT molecular complexity index is 354. The van der Waals surface area contributed by atoms with E-state index in [2.05, 4.69) is 36.1 Å². The lowest BCUT2D eigenvalue weighted by Crippen LogP contribution is -2.30. The van der Waals surface area contributed by atoms with Crippen LogP contribution >= 0.6 is 0 Å². The van der Waals surface area contributed by atoms with Gasteiger partial charge in [0.25, 0.3) is 0 Å². The van der Waals surface area contributed by atoms with Crippen LogP contribution in [0.2, 0.25) is 0 Å². The molecule has 20 heavy (non-hydrogen) atoms. The highest BCUT2D eigenvalue weighted by molar-refractivity contribution is 5.26. The molecule has 2 nitrogen and oxygen atoms in total. The van der Waals surface area contributed by atoms with Gasteiger partial charge in [-0.05, 0) is 64.4 Å². The predicted molar refractivity (Wildman–Crippen MR) is 85.4 cm³/mol. The van der Waals surface area contributed by atoms with E-state index in [4.69, 9.17) is 4.74 Å². The first kappa shape index (κ1) is 15.4. The van der Waals surface area contributed by atoms with Crippen molar-refractivity contribution in [3.63, 3.8) is 0 Å². The molecule has 0 N–H and O–H groups in total. The molecule has 1 heterocycles. The Labute approximate surface area is 124 Å². The Morgan fingerprint density at radius 3 is 2.35 bits per heavy atom. The molecular formula is C18H29NO. The van der Waals surface area contributed by atoms with Crippen molar-refractivity contribution in [2.45, 2.75) is 51.9 Å². The monoisotopic (exact) mass is 275 g/mol. The minimum Gasteiger partial charge on any atom is -0.494 e. The molecule has 0 radical (unpaired) electrons. The molecular weight excluding hydrogens is 246 g/mol. The van der Waals surface area contributed by atoms with Gasteiger partial charge in [0.1, 0.15) is 5.75 Å². The lowest BCUT2D eigenvalue weighted by Gasteiger charge is -2.26. The number of nitrogens with zero attached hydrogens (tertiary/aromatic N) is 1. The third kappa shape index (κ3) is 5.96. The minimum atomic E-state index is 0.854. The molecule has 1 saturated heterocycles. The number of piperidine rings is 1. The fourth-order valence-corrected chi connectivity index (χ4v) is 2.80. The van der Waals surface area contributed by atoms with Crippen LogP contribution in [-0.2, 0) is 0 Å². The number of hydrogen-bond acceptors (Lipinski definition) is 2. The molecule has 1 aliphatic heterocycles. The van der Waals surface area contributed by atoms with Crippen molar-refractivity contribution in [3.8, 4) is 5.75 Å². The maximum atomic E-state index is 5.75. The van der Waals surface area contributed by atoms with Crippen LogP contribution in [0.15, 0.2) is 24.3 Å². The maximum Gasteiger partial charge on any atom is 0.119 e. The van der Waals surface area contributed by atoms with E-state index < -0.39 is 0 Å². The van der Waals surface area contributed by atoms with Crippen molar-refractivity contribution >= 4 is 0 Å². The predicted octanol–water partition coefficient (Wildman–Crippen LogP) is 4.42. The minimum absolute atomic E-state index is 0.854. The summed E-state index contributed by atoms with van der Waals surface area (Å²) in [5.41, 5.74) is 1.29. The molecule has 0 aromatic heterocycles. The second kappa shape index (κ2) is 9.02. The van der Waals surface area contributed by atoms with Gasteiger partial charge in [0.2, 0.25) is 0 Å². The quantitative estimate of drug-likeness (QED) is 0.651. The van der Waals surface area contributed by atoms with Gasteiger partial charge in [-0.3, -0.25) is 0 Å². The molecule has 2 heteroatoms. The molecule has 0 spiro atoms. The first-order chi connectivity index (χ1) is 9.84. The second-order valence-corrected chi connectivity index (χ2v) is 5.98. The molecule has 1 aliphatic rings. The normalized spacial score (nSPS) is 16.2. The molecule has 0 unspecified atom stereocenters. The third-order valence-corrected chi connectivity index (χ3v) is 4.11. The van der Waals surface area contributed by atoms with E-state index in [0.29, 0.717) is 0 Å². The molecule has 1 aromatic carbocycles. The molecule has 2 rings (SSSR count). The highest BCUT2D eigenvalue weighted by Crippen LogP contribution is 2.13. The number of unbranched alkanes of at least 4 members (excludes halogenated alkanes) is 3. The molecule has 112 valence electrons. The number of likely N-dealkylation sites (tertiary alicyclic amines) is 1. The van der Waals surface area contributed by atoms with Crippen LogP contribution in [0.3, 0.4) is 0 Å². The van der Waals surface area contributed by atoms with E-state index >= 15 is 0 Å². The summed E-state index contributed by atoms with van der Waals surface area (Å²) in [4.78, 5) is 2.63. The fourth-order valence-electron chi connectivity index (χ4n) is 2.80. The topological polar surface area (TPSA) is 12.5 Å². The number of ether oxygens (including phenoxy) is 1. The van der Waals surface area contributed by atoms with Crippen LogP contribution < -0.4 is 4.74 Å². The number of hydrogen-bond donors (Lipinski definition) is 0. The molecule has 0 bridgehead atoms. The van der Waals surface area contributed by atoms with Gasteiger partial charge in [0, 0.05) is 0 Å². The van der Waals surface area contributed by atoms with Gasteiger partial charge in [-0.2, -0.15) is 0 Å². The third-order valence-electron chi connectivity index (χ3n) is 4.11. The van der Waals surface area contributed by atoms with E-state index in [9.17, 15) is 0 Å². The van der Waals surface area contributed by atoms with Crippen molar-refractivity contribution in [2.24, 2.45) is 0 Å². The standard InChI is InChI=1S/C18H29NO/c1-17-9-11-18(12-10-17)20-16-8-3-2-5-13-19-14-6-4-7-15-19/h9-12H,2-8,13-16H2,1H3. The summed E-state index contributed by atoms with van der Waals surface area (Å²) in [5, 5.41) is 0. The van der Waals surface area contributed by atoms with Crippen LogP contribution in [0.1, 0.15) is 50.5 Å². The summed E-state index contributed by atoms with van der Waals surface area (Å²) in [6.07, 6.45) is 9.41. The zero-order valence-electron chi connectivity index (χ0n) is 12.9. The van der Waals surface area contributed by atoms with E-state index in [0.717, 1.165) is 12.4 Å². The summed E-state index contributed by atoms with van der Waals surface area (Å²) in [7, 11) is 0. The van der Waals surface area contributed by atoms with Gasteiger partial charge in [0.15, 0.2) is 0 Å². The van der Waals surface area contributed by atoms with Crippen LogP contribution in [0, 0.1) is 6.92 Å². The van der Waals surface area contributed by atoms with Crippen molar-refractivity contribution in [3.05, 3.63) is 29.8 Å². The Morgan fingerprint density at radius 2 is 1.60 bits per heavy atom. The number of aryl methyl sites for hydroxylation is 1. The summed E-state index contributed by atoms with van der Waals surface area (Å²) >= 11 is 0. The highest BCUT2D eigenvalue weighted by atomic mass is 16.5. The lowest BCUT2D eigenvalue weighted by atomic mass is 10.1. The molecule has 1 aromatic rings. The van der Waals surface area contributed by atoms with Crippen LogP contribution in [0.5, 0.6) is 5.75 Å². The van der Waals surface area contributed by atoms with Crippen molar-refractivity contribution < 1.29 is 4.74 Å². The van der Waals surface area contributed by atoms with Crippen LogP contribution in [-0.4, -0.2) is 31.1 Å². The van der Waals surface area contributed by atoms with Gasteiger partial charge < -0.3 is 9.64 Å². The summed E-state index contributed by atoms with van der Waals surface area (Å²) in [6, 6.07) is 8.33. The smallest absolute Gasteiger partial charge is 0.119 e. The average molecular weight is 275 g/mol. The number of rotatable bonds is 8. The number of benzene rings is 1. The van der Waals surface area contributed by atoms with Gasteiger partial charge in [-0.15, -0.1) is 0 Å². The Kier molecular flexibility index (Phi) is 6.93. The first-order valence-corrected chi connectivity index (χ1v) is 8.26. The first-order valence-electron chi connectivity index (χ1n) is 8.26. The zero-order valence-corrected chi connectivity index (χ0v) is 12.9. The summed E-state index contributed by atoms with van der Waals surface area (Å²) in [5.74, 6) is 1.00. The van der Waals surface area contributed by atoms with Crippen LogP contribution in [0.4, 0.5) is 0 Å². The van der Waals surface area contributed by atoms with E-state index in [-0.39, 0.29) is 0 Å². The van der Waals surface area contributed by atoms with Gasteiger partial charge in [0.05, 0.1) is 6.61 Å². The second-order valence-electron chi connectivity index (χ2n) is 5.98. The van der Waals surface area contributed by atoms with Gasteiger partial charge >= 0.3 is 0 Å². The van der Waals surface area contributed by atoms with Crippen molar-refractivity contribution in [2.75, 3.05) is 26.2 Å². The Hall–Kier alpha value is -1.02. The Balaban J connectivity index is 1.44. The van der Waals surface area contributed by atoms with Gasteiger partial charge in [-0.1, -0.05) is 37.0 Å². The molecule has 0 amide bonds. The largest absolute Gasteiger partial charge is 0.494 e. The average Bonchev–Trinajstić information content (AvgIpc) is 2.49. The zero-order chi connectivity index (χ0) is 14.0. The lowest BCUT2D eigenvalue weighted by molar-refractivity contribution is 0.223. The van der Waals surface area contributed by atoms with Gasteiger partial charge in [-0.25, -0.2) is 0 Å². The molecule has 0 saturated carbocycles. The van der Waals surface area contributed by atoms with Crippen molar-refractivity contribution in [1.29, 1.82) is 0 Å². The fraction of sp³-hybridized carbons (Fsp3) is 0.667. The van der Waals surface area contributed by atoms with Crippen LogP contribution in [0.25, 0.3) is 0 Å². The Morgan fingerprint density at radius 1 is 0.900 bits per heavy atom. The SMILES string of the molecule is Cc1ccc(OCCCCCCN2CCCCC2)cc1. The summed E-state index contributed by atoms with van der Waals surface area (Å²) in [6.45, 7) is 6.92. The summed E-state index contributed by atoms with van der Waals surface area (Å²) < 4.78 is 5.75. The van der Waals surface area contributed by atoms with E-state index in [1.54, 1.807) is 0 Å². The van der Waals surface area contributed by atoms with Crippen molar-refractivity contribution in [1.82, 2.24) is 4.90 Å². The molecule has 1 fully saturated rings. The van der Waals surface area contributed by atoms with E-state index in [1.807, 2.05) is 0 Å². The maximum absolute atomic E-state index is 5.75. The molecule has 0 atom stereocenters. The molecule has 0 aliphatic carbocycles.